The Hall–Kier alpha value is 0.720. The van der Waals surface area contributed by atoms with E-state index in [4.69, 9.17) is 11.2 Å². The molecule has 0 heterocycles. The van der Waals surface area contributed by atoms with E-state index < -0.39 is 5.96 Å². The van der Waals surface area contributed by atoms with Gasteiger partial charge in [0.1, 0.15) is 0 Å². The van der Waals surface area contributed by atoms with Gasteiger partial charge in [-0.15, -0.1) is 0 Å². The molecule has 34 heavy (non-hydrogen) atoms. The normalized spacial score (nSPS) is 13.3. The number of hydrogen-bond donors (Lipinski definition) is 0. The van der Waals surface area contributed by atoms with Gasteiger partial charge in [-0.3, -0.25) is 0 Å². The van der Waals surface area contributed by atoms with Crippen LogP contribution in [-0.4, -0.2) is 24.6 Å². The van der Waals surface area contributed by atoms with Crippen LogP contribution in [0.15, 0.2) is 0 Å². The molecule has 0 radical (unpaired) electrons. The van der Waals surface area contributed by atoms with E-state index >= 15 is 0 Å². The molecular formula is C32H68ClP. The molecule has 0 rings (SSSR count). The van der Waals surface area contributed by atoms with Gasteiger partial charge >= 0.3 is 224 Å². The maximum atomic E-state index is 8.09. The first-order chi connectivity index (χ1) is 16.5. The van der Waals surface area contributed by atoms with E-state index in [1.165, 1.54) is 179 Å². The molecule has 0 atom stereocenters. The van der Waals surface area contributed by atoms with Gasteiger partial charge in [-0.2, -0.15) is 0 Å². The number of halogens is 1. The Morgan fingerprint density at radius 3 is 0.676 bits per heavy atom. The van der Waals surface area contributed by atoms with Crippen LogP contribution in [0, 0.1) is 0 Å². The summed E-state index contributed by atoms with van der Waals surface area (Å²) >= 11 is 8.09. The Kier molecular flexibility index (Phi) is 24.6. The summed E-state index contributed by atoms with van der Waals surface area (Å²) in [6, 6.07) is 0. The zero-order valence-electron chi connectivity index (χ0n) is 24.6. The van der Waals surface area contributed by atoms with Crippen molar-refractivity contribution in [3.8, 4) is 0 Å². The molecule has 0 aliphatic carbocycles. The molecule has 0 N–H and O–H groups in total. The van der Waals surface area contributed by atoms with E-state index in [-0.39, 0.29) is 0 Å². The Morgan fingerprint density at radius 2 is 0.471 bits per heavy atom. The van der Waals surface area contributed by atoms with Crippen molar-refractivity contribution in [1.82, 2.24) is 0 Å². The Morgan fingerprint density at radius 1 is 0.294 bits per heavy atom. The van der Waals surface area contributed by atoms with E-state index in [0.29, 0.717) is 0 Å². The van der Waals surface area contributed by atoms with Gasteiger partial charge in [-0.25, -0.2) is 0 Å². The predicted molar refractivity (Wildman–Crippen MR) is 166 cm³/mol. The molecule has 0 aromatic heterocycles. The van der Waals surface area contributed by atoms with Crippen LogP contribution < -0.4 is 0 Å². The summed E-state index contributed by atoms with van der Waals surface area (Å²) in [6.07, 6.45) is 39.5. The first kappa shape index (κ1) is 34.7. The van der Waals surface area contributed by atoms with E-state index in [2.05, 4.69) is 27.7 Å². The van der Waals surface area contributed by atoms with Gasteiger partial charge in [0.25, 0.3) is 0 Å². The van der Waals surface area contributed by atoms with Crippen LogP contribution in [0.2, 0.25) is 0 Å². The van der Waals surface area contributed by atoms with Crippen LogP contribution in [0.3, 0.4) is 0 Å². The summed E-state index contributed by atoms with van der Waals surface area (Å²) in [7, 11) is 0. The minimum absolute atomic E-state index is 1.35. The molecule has 0 aliphatic heterocycles. The Bertz CT molecular complexity index is 332. The standard InChI is InChI=1S/C32H68ClP/c1-5-9-13-17-21-25-29-34(33,30-26-22-18-14-10-6-2,31-27-23-19-15-11-7-3)32-28-24-20-16-12-8-4/h5-32H2,1-4H3. The van der Waals surface area contributed by atoms with E-state index in [1.54, 1.807) is 0 Å². The summed E-state index contributed by atoms with van der Waals surface area (Å²) in [5, 5.41) is 0. The molecule has 0 spiro atoms. The van der Waals surface area contributed by atoms with Crippen molar-refractivity contribution >= 4 is 17.2 Å². The summed E-state index contributed by atoms with van der Waals surface area (Å²) in [5.41, 5.74) is 0. The Labute approximate surface area is 223 Å². The summed E-state index contributed by atoms with van der Waals surface area (Å²) in [5.74, 6) is -2.09. The van der Waals surface area contributed by atoms with Crippen molar-refractivity contribution in [1.29, 1.82) is 0 Å². The zero-order chi connectivity index (χ0) is 25.2. The van der Waals surface area contributed by atoms with Gasteiger partial charge in [0.15, 0.2) is 0 Å². The zero-order valence-corrected chi connectivity index (χ0v) is 26.3. The summed E-state index contributed by atoms with van der Waals surface area (Å²) in [6.45, 7) is 9.30. The van der Waals surface area contributed by atoms with Crippen molar-refractivity contribution in [2.75, 3.05) is 24.6 Å². The van der Waals surface area contributed by atoms with Crippen molar-refractivity contribution in [3.05, 3.63) is 0 Å². The molecule has 2 heteroatoms. The van der Waals surface area contributed by atoms with Gasteiger partial charge in [-0.05, 0) is 0 Å². The number of rotatable bonds is 28. The monoisotopic (exact) mass is 518 g/mol. The third kappa shape index (κ3) is 19.9. The van der Waals surface area contributed by atoms with Gasteiger partial charge in [0.2, 0.25) is 0 Å². The van der Waals surface area contributed by atoms with Crippen LogP contribution in [0.1, 0.15) is 182 Å². The van der Waals surface area contributed by atoms with Crippen molar-refractivity contribution in [2.24, 2.45) is 0 Å². The number of unbranched alkanes of at least 4 members (excludes halogenated alkanes) is 20. The molecule has 0 saturated carbocycles. The van der Waals surface area contributed by atoms with Crippen molar-refractivity contribution in [3.63, 3.8) is 0 Å². The third-order valence-corrected chi connectivity index (χ3v) is 16.0. The average Bonchev–Trinajstić information content (AvgIpc) is 2.83. The van der Waals surface area contributed by atoms with Crippen LogP contribution in [-0.2, 0) is 0 Å². The van der Waals surface area contributed by atoms with Crippen molar-refractivity contribution < 1.29 is 0 Å². The molecule has 0 aromatic rings. The molecule has 0 unspecified atom stereocenters. The summed E-state index contributed by atoms with van der Waals surface area (Å²) in [4.78, 5) is 0. The maximum absolute atomic E-state index is 8.09. The molecule has 0 bridgehead atoms. The molecule has 0 saturated heterocycles. The van der Waals surface area contributed by atoms with E-state index in [9.17, 15) is 0 Å². The molecule has 208 valence electrons. The SMILES string of the molecule is CCCCCCCCP(Cl)(CCCCCCCC)(CCCCCCCC)CCCCCCCC. The topological polar surface area (TPSA) is 0 Å². The quantitative estimate of drug-likeness (QED) is 0.0713. The molecular weight excluding hydrogens is 451 g/mol. The van der Waals surface area contributed by atoms with Crippen LogP contribution >= 0.6 is 17.2 Å². The van der Waals surface area contributed by atoms with Gasteiger partial charge < -0.3 is 0 Å². The first-order valence-electron chi connectivity index (χ1n) is 16.3. The van der Waals surface area contributed by atoms with Crippen LogP contribution in [0.5, 0.6) is 0 Å². The second-order valence-electron chi connectivity index (χ2n) is 11.8. The average molecular weight is 519 g/mol. The molecule has 0 aliphatic rings. The van der Waals surface area contributed by atoms with Gasteiger partial charge in [-0.1, -0.05) is 0 Å². The minimum atomic E-state index is -2.09. The fourth-order valence-electron chi connectivity index (χ4n) is 5.82. The first-order valence-corrected chi connectivity index (χ1v) is 20.1. The fourth-order valence-corrected chi connectivity index (χ4v) is 12.7. The van der Waals surface area contributed by atoms with E-state index in [1.807, 2.05) is 0 Å². The molecule has 0 nitrogen and oxygen atoms in total. The fraction of sp³-hybridized carbons (Fsp3) is 1.00. The van der Waals surface area contributed by atoms with Gasteiger partial charge in [0.05, 0.1) is 0 Å². The van der Waals surface area contributed by atoms with Crippen LogP contribution in [0.25, 0.3) is 0 Å². The molecule has 0 aromatic carbocycles. The van der Waals surface area contributed by atoms with Crippen molar-refractivity contribution in [2.45, 2.75) is 182 Å². The summed E-state index contributed by atoms with van der Waals surface area (Å²) < 4.78 is 0. The van der Waals surface area contributed by atoms with Crippen LogP contribution in [0.4, 0.5) is 0 Å². The van der Waals surface area contributed by atoms with Gasteiger partial charge in [0, 0.05) is 0 Å². The predicted octanol–water partition coefficient (Wildman–Crippen LogP) is 13.1. The number of hydrogen-bond acceptors (Lipinski definition) is 0. The molecule has 0 amide bonds. The second-order valence-corrected chi connectivity index (χ2v) is 20.1. The molecule has 0 fully saturated rings. The Balaban J connectivity index is 5.00. The van der Waals surface area contributed by atoms with E-state index in [0.717, 1.165) is 0 Å². The third-order valence-electron chi connectivity index (χ3n) is 8.28. The second kappa shape index (κ2) is 24.1.